The standard InChI is InChI=1S/C16H29NO3/c1-3-4-5-9-12-20-15(18)13-17(2)16(19)14-10-7-6-8-11-14/h14H,3-13H2,1-2H3. The van der Waals surface area contributed by atoms with E-state index in [4.69, 9.17) is 4.74 Å². The Morgan fingerprint density at radius 3 is 2.45 bits per heavy atom. The van der Waals surface area contributed by atoms with Crippen molar-refractivity contribution < 1.29 is 14.3 Å². The monoisotopic (exact) mass is 283 g/mol. The van der Waals surface area contributed by atoms with Crippen LogP contribution in [0.1, 0.15) is 64.7 Å². The fourth-order valence-corrected chi connectivity index (χ4v) is 2.69. The van der Waals surface area contributed by atoms with Crippen LogP contribution in [0.5, 0.6) is 0 Å². The minimum Gasteiger partial charge on any atom is -0.464 e. The van der Waals surface area contributed by atoms with Crippen LogP contribution >= 0.6 is 0 Å². The highest BCUT2D eigenvalue weighted by Crippen LogP contribution is 2.24. The van der Waals surface area contributed by atoms with Gasteiger partial charge in [-0.1, -0.05) is 45.4 Å². The highest BCUT2D eigenvalue weighted by atomic mass is 16.5. The summed E-state index contributed by atoms with van der Waals surface area (Å²) < 4.78 is 5.16. The van der Waals surface area contributed by atoms with Crippen molar-refractivity contribution in [2.75, 3.05) is 20.2 Å². The molecule has 0 unspecified atom stereocenters. The zero-order valence-electron chi connectivity index (χ0n) is 13.0. The lowest BCUT2D eigenvalue weighted by atomic mass is 9.88. The molecule has 0 atom stereocenters. The molecule has 0 aromatic carbocycles. The van der Waals surface area contributed by atoms with Crippen LogP contribution in [0.2, 0.25) is 0 Å². The molecule has 0 spiro atoms. The molecule has 4 nitrogen and oxygen atoms in total. The Balaban J connectivity index is 2.17. The fraction of sp³-hybridized carbons (Fsp3) is 0.875. The van der Waals surface area contributed by atoms with E-state index in [1.165, 1.54) is 24.2 Å². The second-order valence-corrected chi connectivity index (χ2v) is 5.81. The molecule has 0 aliphatic heterocycles. The van der Waals surface area contributed by atoms with Crippen molar-refractivity contribution in [3.8, 4) is 0 Å². The van der Waals surface area contributed by atoms with E-state index in [0.29, 0.717) is 6.61 Å². The minimum absolute atomic E-state index is 0.0864. The maximum Gasteiger partial charge on any atom is 0.325 e. The number of carbonyl (C=O) groups excluding carboxylic acids is 2. The van der Waals surface area contributed by atoms with Gasteiger partial charge in [0, 0.05) is 13.0 Å². The number of amides is 1. The molecule has 1 saturated carbocycles. The van der Waals surface area contributed by atoms with Gasteiger partial charge in [0.1, 0.15) is 6.54 Å². The third kappa shape index (κ3) is 6.40. The van der Waals surface area contributed by atoms with Gasteiger partial charge in [-0.3, -0.25) is 9.59 Å². The van der Waals surface area contributed by atoms with Crippen molar-refractivity contribution in [3.05, 3.63) is 0 Å². The highest BCUT2D eigenvalue weighted by Gasteiger charge is 2.25. The first-order chi connectivity index (χ1) is 9.65. The van der Waals surface area contributed by atoms with Gasteiger partial charge in [0.05, 0.1) is 6.61 Å². The predicted octanol–water partition coefficient (Wildman–Crippen LogP) is 3.15. The first kappa shape index (κ1) is 17.0. The molecule has 0 heterocycles. The van der Waals surface area contributed by atoms with Gasteiger partial charge in [-0.2, -0.15) is 0 Å². The van der Waals surface area contributed by atoms with Crippen LogP contribution in [0.3, 0.4) is 0 Å². The van der Waals surface area contributed by atoms with E-state index < -0.39 is 0 Å². The number of unbranched alkanes of at least 4 members (excludes halogenated alkanes) is 3. The summed E-state index contributed by atoms with van der Waals surface area (Å²) in [6.07, 6.45) is 9.79. The van der Waals surface area contributed by atoms with Crippen LogP contribution in [0.15, 0.2) is 0 Å². The van der Waals surface area contributed by atoms with Gasteiger partial charge >= 0.3 is 5.97 Å². The number of rotatable bonds is 8. The molecule has 1 aliphatic rings. The number of hydrogen-bond donors (Lipinski definition) is 0. The second-order valence-electron chi connectivity index (χ2n) is 5.81. The molecular weight excluding hydrogens is 254 g/mol. The highest BCUT2D eigenvalue weighted by molar-refractivity contribution is 5.83. The lowest BCUT2D eigenvalue weighted by Gasteiger charge is -2.25. The molecule has 0 aromatic heterocycles. The summed E-state index contributed by atoms with van der Waals surface area (Å²) in [5, 5.41) is 0. The Bertz CT molecular complexity index is 298. The SMILES string of the molecule is CCCCCCOC(=O)CN(C)C(=O)C1CCCCC1. The molecule has 1 rings (SSSR count). The number of carbonyl (C=O) groups is 2. The maximum atomic E-state index is 12.2. The Labute approximate surface area is 122 Å². The first-order valence-corrected chi connectivity index (χ1v) is 8.05. The van der Waals surface area contributed by atoms with E-state index >= 15 is 0 Å². The van der Waals surface area contributed by atoms with Gasteiger partial charge in [-0.25, -0.2) is 0 Å². The lowest BCUT2D eigenvalue weighted by molar-refractivity contribution is -0.150. The van der Waals surface area contributed by atoms with Crippen LogP contribution in [-0.2, 0) is 14.3 Å². The molecular formula is C16H29NO3. The van der Waals surface area contributed by atoms with Crippen molar-refractivity contribution in [1.29, 1.82) is 0 Å². The van der Waals surface area contributed by atoms with Crippen molar-refractivity contribution in [1.82, 2.24) is 4.90 Å². The number of hydrogen-bond acceptors (Lipinski definition) is 3. The largest absolute Gasteiger partial charge is 0.464 e. The Morgan fingerprint density at radius 1 is 1.10 bits per heavy atom. The molecule has 1 aliphatic carbocycles. The molecule has 0 bridgehead atoms. The van der Waals surface area contributed by atoms with Crippen molar-refractivity contribution >= 4 is 11.9 Å². The van der Waals surface area contributed by atoms with E-state index in [9.17, 15) is 9.59 Å². The lowest BCUT2D eigenvalue weighted by Crippen LogP contribution is -2.38. The predicted molar refractivity (Wildman–Crippen MR) is 79.3 cm³/mol. The summed E-state index contributed by atoms with van der Waals surface area (Å²) in [4.78, 5) is 25.4. The van der Waals surface area contributed by atoms with Gasteiger partial charge in [0.25, 0.3) is 0 Å². The van der Waals surface area contributed by atoms with Crippen molar-refractivity contribution in [2.24, 2.45) is 5.92 Å². The van der Waals surface area contributed by atoms with Crippen molar-refractivity contribution in [2.45, 2.75) is 64.7 Å². The Hall–Kier alpha value is -1.06. The maximum absolute atomic E-state index is 12.2. The summed E-state index contributed by atoms with van der Waals surface area (Å²) >= 11 is 0. The van der Waals surface area contributed by atoms with E-state index in [1.807, 2.05) is 0 Å². The van der Waals surface area contributed by atoms with Gasteiger partial charge in [0.15, 0.2) is 0 Å². The molecule has 1 amide bonds. The summed E-state index contributed by atoms with van der Waals surface area (Å²) in [5.74, 6) is -0.0631. The van der Waals surface area contributed by atoms with Crippen LogP contribution in [-0.4, -0.2) is 37.0 Å². The van der Waals surface area contributed by atoms with Crippen LogP contribution in [0.4, 0.5) is 0 Å². The van der Waals surface area contributed by atoms with E-state index in [-0.39, 0.29) is 24.3 Å². The van der Waals surface area contributed by atoms with Gasteiger partial charge in [-0.05, 0) is 19.3 Å². The first-order valence-electron chi connectivity index (χ1n) is 8.05. The molecule has 0 saturated heterocycles. The summed E-state index contributed by atoms with van der Waals surface area (Å²) in [7, 11) is 1.70. The van der Waals surface area contributed by atoms with Gasteiger partial charge in [-0.15, -0.1) is 0 Å². The molecule has 0 aromatic rings. The Kier molecular flexibility index (Phi) is 8.31. The van der Waals surface area contributed by atoms with E-state index in [2.05, 4.69) is 6.92 Å². The second kappa shape index (κ2) is 9.78. The average molecular weight is 283 g/mol. The summed E-state index contributed by atoms with van der Waals surface area (Å²) in [6, 6.07) is 0. The number of ether oxygens (including phenoxy) is 1. The van der Waals surface area contributed by atoms with Gasteiger partial charge in [0.2, 0.25) is 5.91 Å². The average Bonchev–Trinajstić information content (AvgIpc) is 2.47. The number of esters is 1. The van der Waals surface area contributed by atoms with E-state index in [1.54, 1.807) is 7.05 Å². The zero-order chi connectivity index (χ0) is 14.8. The molecule has 20 heavy (non-hydrogen) atoms. The third-order valence-corrected chi connectivity index (χ3v) is 3.96. The van der Waals surface area contributed by atoms with Crippen LogP contribution in [0, 0.1) is 5.92 Å². The molecule has 4 heteroatoms. The summed E-state index contributed by atoms with van der Waals surface area (Å²) in [6.45, 7) is 2.71. The number of nitrogens with zero attached hydrogens (tertiary/aromatic N) is 1. The molecule has 1 fully saturated rings. The smallest absolute Gasteiger partial charge is 0.325 e. The van der Waals surface area contributed by atoms with Gasteiger partial charge < -0.3 is 9.64 Å². The minimum atomic E-state index is -0.284. The fourth-order valence-electron chi connectivity index (χ4n) is 2.69. The summed E-state index contributed by atoms with van der Waals surface area (Å²) in [5.41, 5.74) is 0. The topological polar surface area (TPSA) is 46.6 Å². The van der Waals surface area contributed by atoms with Crippen LogP contribution in [0.25, 0.3) is 0 Å². The molecule has 0 radical (unpaired) electrons. The third-order valence-electron chi connectivity index (χ3n) is 3.96. The van der Waals surface area contributed by atoms with Crippen LogP contribution < -0.4 is 0 Å². The zero-order valence-corrected chi connectivity index (χ0v) is 13.0. The molecule has 116 valence electrons. The molecule has 0 N–H and O–H groups in total. The quantitative estimate of drug-likeness (QED) is 0.508. The normalized spacial score (nSPS) is 15.9. The van der Waals surface area contributed by atoms with Crippen molar-refractivity contribution in [3.63, 3.8) is 0 Å². The number of likely N-dealkylation sites (N-methyl/N-ethyl adjacent to an activating group) is 1. The Morgan fingerprint density at radius 2 is 1.80 bits per heavy atom. The van der Waals surface area contributed by atoms with E-state index in [0.717, 1.165) is 38.5 Å².